The Morgan fingerprint density at radius 2 is 2.08 bits per heavy atom. The van der Waals surface area contributed by atoms with Crippen LogP contribution in [-0.2, 0) is 4.74 Å². The predicted molar refractivity (Wildman–Crippen MR) is 107 cm³/mol. The van der Waals surface area contributed by atoms with Gasteiger partial charge in [0.05, 0.1) is 24.2 Å². The Balaban J connectivity index is 1.86. The second-order valence-electron chi connectivity index (χ2n) is 5.93. The second kappa shape index (κ2) is 9.09. The van der Waals surface area contributed by atoms with Crippen molar-refractivity contribution in [1.82, 2.24) is 19.7 Å². The SMILES string of the molecule is CCCSCCOC(C)n1c(-c2cc(OCC)n[nH]2)nc2ccccc21. The van der Waals surface area contributed by atoms with Crippen molar-refractivity contribution in [2.45, 2.75) is 33.4 Å². The van der Waals surface area contributed by atoms with Gasteiger partial charge in [0.1, 0.15) is 11.9 Å². The van der Waals surface area contributed by atoms with Gasteiger partial charge < -0.3 is 9.47 Å². The molecule has 6 nitrogen and oxygen atoms in total. The van der Waals surface area contributed by atoms with E-state index in [0.29, 0.717) is 19.1 Å². The van der Waals surface area contributed by atoms with Crippen molar-refractivity contribution >= 4 is 22.8 Å². The van der Waals surface area contributed by atoms with Crippen LogP contribution < -0.4 is 4.74 Å². The van der Waals surface area contributed by atoms with Gasteiger partial charge in [-0.1, -0.05) is 19.1 Å². The molecule has 2 heterocycles. The summed E-state index contributed by atoms with van der Waals surface area (Å²) in [6.07, 6.45) is 1.07. The molecule has 0 spiro atoms. The maximum absolute atomic E-state index is 6.09. The van der Waals surface area contributed by atoms with Crippen molar-refractivity contribution in [3.8, 4) is 17.4 Å². The fraction of sp³-hybridized carbons (Fsp3) is 0.474. The van der Waals surface area contributed by atoms with Gasteiger partial charge in [-0.3, -0.25) is 9.67 Å². The van der Waals surface area contributed by atoms with Gasteiger partial charge in [-0.15, -0.1) is 5.10 Å². The molecule has 0 aliphatic carbocycles. The molecule has 0 aliphatic heterocycles. The number of aromatic amines is 1. The number of para-hydroxylation sites is 2. The molecule has 0 radical (unpaired) electrons. The molecular formula is C19H26N4O2S. The van der Waals surface area contributed by atoms with E-state index in [9.17, 15) is 0 Å². The van der Waals surface area contributed by atoms with E-state index in [0.717, 1.165) is 28.3 Å². The number of nitrogens with zero attached hydrogens (tertiary/aromatic N) is 3. The number of fused-ring (bicyclic) bond motifs is 1. The lowest BCUT2D eigenvalue weighted by molar-refractivity contribution is 0.0305. The Kier molecular flexibility index (Phi) is 6.57. The van der Waals surface area contributed by atoms with Gasteiger partial charge in [0, 0.05) is 11.8 Å². The first-order valence-electron chi connectivity index (χ1n) is 9.09. The average molecular weight is 375 g/mol. The summed E-state index contributed by atoms with van der Waals surface area (Å²) in [6.45, 7) is 7.49. The first kappa shape index (κ1) is 18.8. The monoisotopic (exact) mass is 374 g/mol. The van der Waals surface area contributed by atoms with Crippen molar-refractivity contribution in [2.24, 2.45) is 0 Å². The van der Waals surface area contributed by atoms with Crippen molar-refractivity contribution in [3.63, 3.8) is 0 Å². The van der Waals surface area contributed by atoms with E-state index in [1.807, 2.05) is 43.0 Å². The number of imidazole rings is 1. The maximum atomic E-state index is 6.09. The Morgan fingerprint density at radius 3 is 2.88 bits per heavy atom. The van der Waals surface area contributed by atoms with Gasteiger partial charge in [0.25, 0.3) is 0 Å². The molecule has 3 rings (SSSR count). The van der Waals surface area contributed by atoms with Crippen LogP contribution in [0.1, 0.15) is 33.4 Å². The number of H-pyrrole nitrogens is 1. The average Bonchev–Trinajstić information content (AvgIpc) is 3.26. The summed E-state index contributed by atoms with van der Waals surface area (Å²) in [5, 5.41) is 7.23. The van der Waals surface area contributed by atoms with E-state index >= 15 is 0 Å². The highest BCUT2D eigenvalue weighted by Crippen LogP contribution is 2.29. The minimum Gasteiger partial charge on any atom is -0.477 e. The Labute approximate surface area is 158 Å². The summed E-state index contributed by atoms with van der Waals surface area (Å²) < 4.78 is 13.7. The highest BCUT2D eigenvalue weighted by atomic mass is 32.2. The normalized spacial score (nSPS) is 12.6. The third-order valence-electron chi connectivity index (χ3n) is 3.98. The number of rotatable bonds is 10. The van der Waals surface area contributed by atoms with Crippen molar-refractivity contribution < 1.29 is 9.47 Å². The number of ether oxygens (including phenoxy) is 2. The number of benzene rings is 1. The topological polar surface area (TPSA) is 65.0 Å². The lowest BCUT2D eigenvalue weighted by atomic mass is 10.3. The summed E-state index contributed by atoms with van der Waals surface area (Å²) in [5.41, 5.74) is 2.80. The minimum atomic E-state index is -0.126. The van der Waals surface area contributed by atoms with E-state index < -0.39 is 0 Å². The third kappa shape index (κ3) is 4.22. The zero-order chi connectivity index (χ0) is 18.4. The van der Waals surface area contributed by atoms with E-state index in [2.05, 4.69) is 34.7 Å². The summed E-state index contributed by atoms with van der Waals surface area (Å²) >= 11 is 1.92. The zero-order valence-electron chi connectivity index (χ0n) is 15.6. The van der Waals surface area contributed by atoms with Crippen molar-refractivity contribution in [2.75, 3.05) is 24.7 Å². The van der Waals surface area contributed by atoms with Crippen LogP contribution >= 0.6 is 11.8 Å². The lowest BCUT2D eigenvalue weighted by Crippen LogP contribution is -2.12. The largest absolute Gasteiger partial charge is 0.477 e. The van der Waals surface area contributed by atoms with Gasteiger partial charge in [-0.2, -0.15) is 11.8 Å². The molecule has 140 valence electrons. The summed E-state index contributed by atoms with van der Waals surface area (Å²) in [4.78, 5) is 4.79. The molecular weight excluding hydrogens is 348 g/mol. The van der Waals surface area contributed by atoms with Crippen LogP contribution in [-0.4, -0.2) is 44.5 Å². The molecule has 0 fully saturated rings. The zero-order valence-corrected chi connectivity index (χ0v) is 16.4. The van der Waals surface area contributed by atoms with Gasteiger partial charge in [-0.25, -0.2) is 4.98 Å². The van der Waals surface area contributed by atoms with Gasteiger partial charge in [0.15, 0.2) is 5.82 Å². The van der Waals surface area contributed by atoms with Crippen molar-refractivity contribution in [1.29, 1.82) is 0 Å². The Bertz CT molecular complexity index is 830. The Morgan fingerprint density at radius 1 is 1.23 bits per heavy atom. The van der Waals surface area contributed by atoms with Gasteiger partial charge in [-0.05, 0) is 38.2 Å². The number of nitrogens with one attached hydrogen (secondary N) is 1. The summed E-state index contributed by atoms with van der Waals surface area (Å²) in [6, 6.07) is 9.98. The van der Waals surface area contributed by atoms with Crippen LogP contribution in [0.2, 0.25) is 0 Å². The molecule has 0 saturated carbocycles. The van der Waals surface area contributed by atoms with E-state index in [1.54, 1.807) is 0 Å². The highest BCUT2D eigenvalue weighted by Gasteiger charge is 2.19. The number of aromatic nitrogens is 4. The molecule has 1 aromatic carbocycles. The third-order valence-corrected chi connectivity index (χ3v) is 5.13. The van der Waals surface area contributed by atoms with Gasteiger partial charge in [0.2, 0.25) is 5.88 Å². The number of thioether (sulfide) groups is 1. The first-order chi connectivity index (χ1) is 12.7. The standard InChI is InChI=1S/C19H26N4O2S/c1-4-11-26-12-10-25-14(3)23-17-9-7-6-8-15(17)20-19(23)16-13-18(22-21-16)24-5-2/h6-9,13-14H,4-5,10-12H2,1-3H3,(H,21,22). The number of hydrogen-bond acceptors (Lipinski definition) is 5. The molecule has 0 saturated heterocycles. The molecule has 2 aromatic heterocycles. The van der Waals surface area contributed by atoms with Crippen LogP contribution in [0.25, 0.3) is 22.6 Å². The van der Waals surface area contributed by atoms with Crippen molar-refractivity contribution in [3.05, 3.63) is 30.3 Å². The Hall–Kier alpha value is -1.99. The smallest absolute Gasteiger partial charge is 0.233 e. The highest BCUT2D eigenvalue weighted by molar-refractivity contribution is 7.99. The molecule has 1 atom stereocenters. The van der Waals surface area contributed by atoms with E-state index in [-0.39, 0.29) is 6.23 Å². The quantitative estimate of drug-likeness (QED) is 0.529. The predicted octanol–water partition coefficient (Wildman–Crippen LogP) is 4.50. The fourth-order valence-corrected chi connectivity index (χ4v) is 3.55. The minimum absolute atomic E-state index is 0.126. The summed E-state index contributed by atoms with van der Waals surface area (Å²) in [7, 11) is 0. The molecule has 1 N–H and O–H groups in total. The molecule has 0 aliphatic rings. The molecule has 3 aromatic rings. The lowest BCUT2D eigenvalue weighted by Gasteiger charge is -2.18. The van der Waals surface area contributed by atoms with Crippen LogP contribution in [0.15, 0.2) is 30.3 Å². The molecule has 1 unspecified atom stereocenters. The van der Waals surface area contributed by atoms with E-state index in [4.69, 9.17) is 14.5 Å². The molecule has 0 amide bonds. The van der Waals surface area contributed by atoms with Crippen LogP contribution in [0.5, 0.6) is 5.88 Å². The molecule has 26 heavy (non-hydrogen) atoms. The fourth-order valence-electron chi connectivity index (χ4n) is 2.84. The summed E-state index contributed by atoms with van der Waals surface area (Å²) in [5.74, 6) is 3.55. The molecule has 7 heteroatoms. The van der Waals surface area contributed by atoms with E-state index in [1.165, 1.54) is 12.2 Å². The van der Waals surface area contributed by atoms with Crippen LogP contribution in [0.3, 0.4) is 0 Å². The number of hydrogen-bond donors (Lipinski definition) is 1. The maximum Gasteiger partial charge on any atom is 0.233 e. The van der Waals surface area contributed by atoms with Gasteiger partial charge >= 0.3 is 0 Å². The first-order valence-corrected chi connectivity index (χ1v) is 10.2. The molecule has 0 bridgehead atoms. The van der Waals surface area contributed by atoms with Crippen LogP contribution in [0.4, 0.5) is 0 Å². The second-order valence-corrected chi connectivity index (χ2v) is 7.15. The van der Waals surface area contributed by atoms with Crippen LogP contribution in [0, 0.1) is 0 Å².